The van der Waals surface area contributed by atoms with Crippen LogP contribution in [0.1, 0.15) is 26.2 Å². The summed E-state index contributed by atoms with van der Waals surface area (Å²) in [5, 5.41) is 8.98. The summed E-state index contributed by atoms with van der Waals surface area (Å²) in [6.45, 7) is 1.92. The van der Waals surface area contributed by atoms with Crippen LogP contribution in [0, 0.1) is 11.8 Å². The molecule has 0 saturated heterocycles. The van der Waals surface area contributed by atoms with E-state index in [0.717, 1.165) is 0 Å². The highest BCUT2D eigenvalue weighted by molar-refractivity contribution is 5.65. The largest absolute Gasteiger partial charge is 0.465 e. The Labute approximate surface area is 72.7 Å². The van der Waals surface area contributed by atoms with Gasteiger partial charge in [-0.25, -0.2) is 0 Å². The first-order valence-corrected chi connectivity index (χ1v) is 4.48. The van der Waals surface area contributed by atoms with Crippen LogP contribution in [0.4, 0.5) is 0 Å². The molecule has 1 saturated carbocycles. The van der Waals surface area contributed by atoms with Gasteiger partial charge in [0, 0.05) is 19.4 Å². The molecule has 1 aliphatic carbocycles. The maximum absolute atomic E-state index is 10.5. The summed E-state index contributed by atoms with van der Waals surface area (Å²) in [5.41, 5.74) is 0. The number of rotatable bonds is 4. The van der Waals surface area contributed by atoms with E-state index < -0.39 is 0 Å². The Morgan fingerprint density at radius 3 is 2.67 bits per heavy atom. The molecule has 12 heavy (non-hydrogen) atoms. The number of esters is 1. The summed E-state index contributed by atoms with van der Waals surface area (Å²) in [7, 11) is 0. The molecule has 3 heteroatoms. The van der Waals surface area contributed by atoms with Gasteiger partial charge >= 0.3 is 5.97 Å². The predicted molar refractivity (Wildman–Crippen MR) is 44.5 cm³/mol. The van der Waals surface area contributed by atoms with Crippen molar-refractivity contribution in [3.05, 3.63) is 0 Å². The lowest BCUT2D eigenvalue weighted by atomic mass is 9.76. The van der Waals surface area contributed by atoms with Gasteiger partial charge in [-0.3, -0.25) is 4.79 Å². The molecule has 0 unspecified atom stereocenters. The van der Waals surface area contributed by atoms with E-state index in [-0.39, 0.29) is 18.5 Å². The van der Waals surface area contributed by atoms with E-state index in [1.54, 1.807) is 0 Å². The lowest BCUT2D eigenvalue weighted by molar-refractivity contribution is -0.143. The van der Waals surface area contributed by atoms with Crippen molar-refractivity contribution in [1.82, 2.24) is 0 Å². The Bertz CT molecular complexity index is 152. The second-order valence-electron chi connectivity index (χ2n) is 3.44. The fraction of sp³-hybridized carbons (Fsp3) is 0.889. The van der Waals surface area contributed by atoms with Gasteiger partial charge < -0.3 is 9.84 Å². The molecule has 0 amide bonds. The topological polar surface area (TPSA) is 46.5 Å². The normalized spacial score (nSPS) is 19.8. The van der Waals surface area contributed by atoms with Crippen LogP contribution in [0.5, 0.6) is 0 Å². The highest BCUT2D eigenvalue weighted by atomic mass is 16.5. The first-order valence-electron chi connectivity index (χ1n) is 4.48. The quantitative estimate of drug-likeness (QED) is 0.642. The Hall–Kier alpha value is -0.570. The van der Waals surface area contributed by atoms with Crippen molar-refractivity contribution in [3.63, 3.8) is 0 Å². The van der Waals surface area contributed by atoms with E-state index in [0.29, 0.717) is 12.5 Å². The lowest BCUT2D eigenvalue weighted by Gasteiger charge is -2.32. The zero-order chi connectivity index (χ0) is 8.97. The number of ether oxygens (including phenoxy) is 1. The summed E-state index contributed by atoms with van der Waals surface area (Å²) >= 11 is 0. The van der Waals surface area contributed by atoms with Crippen molar-refractivity contribution in [3.8, 4) is 0 Å². The van der Waals surface area contributed by atoms with Gasteiger partial charge in [0.15, 0.2) is 0 Å². The smallest absolute Gasteiger partial charge is 0.302 e. The average Bonchev–Trinajstić information content (AvgIpc) is 1.93. The van der Waals surface area contributed by atoms with E-state index >= 15 is 0 Å². The number of aliphatic hydroxyl groups excluding tert-OH is 1. The van der Waals surface area contributed by atoms with Crippen molar-refractivity contribution < 1.29 is 14.6 Å². The van der Waals surface area contributed by atoms with Gasteiger partial charge in [0.2, 0.25) is 0 Å². The molecule has 0 spiro atoms. The monoisotopic (exact) mass is 172 g/mol. The highest BCUT2D eigenvalue weighted by Crippen LogP contribution is 2.33. The molecule has 1 N–H and O–H groups in total. The molecule has 0 aliphatic heterocycles. The number of carbonyl (C=O) groups is 1. The van der Waals surface area contributed by atoms with Gasteiger partial charge in [0.25, 0.3) is 0 Å². The van der Waals surface area contributed by atoms with Crippen LogP contribution in [-0.4, -0.2) is 24.3 Å². The third kappa shape index (κ3) is 2.48. The molecular formula is C9H16O3. The first kappa shape index (κ1) is 9.52. The average molecular weight is 172 g/mol. The van der Waals surface area contributed by atoms with E-state index in [2.05, 4.69) is 0 Å². The number of hydrogen-bond donors (Lipinski definition) is 1. The molecule has 0 radical (unpaired) electrons. The molecule has 1 aliphatic rings. The molecule has 1 atom stereocenters. The minimum absolute atomic E-state index is 0.137. The van der Waals surface area contributed by atoms with Gasteiger partial charge in [-0.15, -0.1) is 0 Å². The third-order valence-corrected chi connectivity index (χ3v) is 2.55. The minimum Gasteiger partial charge on any atom is -0.465 e. The van der Waals surface area contributed by atoms with Crippen LogP contribution >= 0.6 is 0 Å². The van der Waals surface area contributed by atoms with Crippen LogP contribution in [0.15, 0.2) is 0 Å². The van der Waals surface area contributed by atoms with Crippen LogP contribution in [0.25, 0.3) is 0 Å². The maximum Gasteiger partial charge on any atom is 0.302 e. The number of carbonyl (C=O) groups excluding carboxylic acids is 1. The molecule has 3 nitrogen and oxygen atoms in total. The van der Waals surface area contributed by atoms with Crippen LogP contribution in [0.2, 0.25) is 0 Å². The van der Waals surface area contributed by atoms with Crippen LogP contribution < -0.4 is 0 Å². The molecule has 0 aromatic heterocycles. The van der Waals surface area contributed by atoms with Crippen molar-refractivity contribution in [2.75, 3.05) is 13.2 Å². The molecule has 1 rings (SSSR count). The van der Waals surface area contributed by atoms with Gasteiger partial charge in [0.1, 0.15) is 0 Å². The lowest BCUT2D eigenvalue weighted by Crippen LogP contribution is -2.29. The SMILES string of the molecule is CC(=O)OC[C@H](CO)C1CCC1. The van der Waals surface area contributed by atoms with E-state index in [9.17, 15) is 4.79 Å². The van der Waals surface area contributed by atoms with E-state index in [4.69, 9.17) is 9.84 Å². The molecule has 0 aromatic rings. The van der Waals surface area contributed by atoms with Gasteiger partial charge in [-0.1, -0.05) is 6.42 Å². The summed E-state index contributed by atoms with van der Waals surface area (Å²) in [4.78, 5) is 10.5. The van der Waals surface area contributed by atoms with Crippen LogP contribution in [-0.2, 0) is 9.53 Å². The highest BCUT2D eigenvalue weighted by Gasteiger charge is 2.27. The Morgan fingerprint density at radius 2 is 2.33 bits per heavy atom. The fourth-order valence-corrected chi connectivity index (χ4v) is 1.47. The second kappa shape index (κ2) is 4.45. The van der Waals surface area contributed by atoms with Crippen LogP contribution in [0.3, 0.4) is 0 Å². The first-order chi connectivity index (χ1) is 5.74. The summed E-state index contributed by atoms with van der Waals surface area (Å²) in [5.74, 6) is 0.491. The van der Waals surface area contributed by atoms with Crippen molar-refractivity contribution >= 4 is 5.97 Å². The molecular weight excluding hydrogens is 156 g/mol. The van der Waals surface area contributed by atoms with Crippen molar-refractivity contribution in [1.29, 1.82) is 0 Å². The Balaban J connectivity index is 2.20. The zero-order valence-electron chi connectivity index (χ0n) is 7.45. The fourth-order valence-electron chi connectivity index (χ4n) is 1.47. The molecule has 0 bridgehead atoms. The van der Waals surface area contributed by atoms with E-state index in [1.165, 1.54) is 26.2 Å². The van der Waals surface area contributed by atoms with Crippen molar-refractivity contribution in [2.45, 2.75) is 26.2 Å². The van der Waals surface area contributed by atoms with Gasteiger partial charge in [0.05, 0.1) is 6.61 Å². The molecule has 1 fully saturated rings. The van der Waals surface area contributed by atoms with Crippen molar-refractivity contribution in [2.24, 2.45) is 11.8 Å². The molecule has 70 valence electrons. The Kier molecular flexibility index (Phi) is 3.53. The number of aliphatic hydroxyl groups is 1. The number of hydrogen-bond acceptors (Lipinski definition) is 3. The van der Waals surface area contributed by atoms with Gasteiger partial charge in [-0.2, -0.15) is 0 Å². The molecule has 0 heterocycles. The van der Waals surface area contributed by atoms with Gasteiger partial charge in [-0.05, 0) is 18.8 Å². The summed E-state index contributed by atoms with van der Waals surface area (Å²) in [6, 6.07) is 0. The third-order valence-electron chi connectivity index (χ3n) is 2.55. The standard InChI is InChI=1S/C9H16O3/c1-7(11)12-6-9(5-10)8-3-2-4-8/h8-10H,2-6H2,1H3/t9-/m0/s1. The Morgan fingerprint density at radius 1 is 1.67 bits per heavy atom. The zero-order valence-corrected chi connectivity index (χ0v) is 7.45. The predicted octanol–water partition coefficient (Wildman–Crippen LogP) is 0.958. The van der Waals surface area contributed by atoms with E-state index in [1.807, 2.05) is 0 Å². The summed E-state index contributed by atoms with van der Waals surface area (Å²) in [6.07, 6.45) is 3.60. The minimum atomic E-state index is -0.257. The summed E-state index contributed by atoms with van der Waals surface area (Å²) < 4.78 is 4.85. The maximum atomic E-state index is 10.5. The molecule has 0 aromatic carbocycles. The second-order valence-corrected chi connectivity index (χ2v) is 3.44.